The number of ether oxygens (including phenoxy) is 1. The molecule has 32 heavy (non-hydrogen) atoms. The summed E-state index contributed by atoms with van der Waals surface area (Å²) in [5.74, 6) is -0.276. The Morgan fingerprint density at radius 3 is 2.28 bits per heavy atom. The van der Waals surface area contributed by atoms with Gasteiger partial charge < -0.3 is 15.2 Å². The van der Waals surface area contributed by atoms with Crippen molar-refractivity contribution in [2.75, 3.05) is 0 Å². The van der Waals surface area contributed by atoms with Gasteiger partial charge in [-0.2, -0.15) is 0 Å². The van der Waals surface area contributed by atoms with Crippen LogP contribution < -0.4 is 10.1 Å². The van der Waals surface area contributed by atoms with Crippen LogP contribution >= 0.6 is 0 Å². The summed E-state index contributed by atoms with van der Waals surface area (Å²) in [6, 6.07) is 14.5. The van der Waals surface area contributed by atoms with Crippen LogP contribution in [0.1, 0.15) is 79.8 Å². The van der Waals surface area contributed by atoms with E-state index in [1.165, 1.54) is 24.8 Å². The summed E-state index contributed by atoms with van der Waals surface area (Å²) in [4.78, 5) is 24.2. The van der Waals surface area contributed by atoms with Gasteiger partial charge in [-0.25, -0.2) is 4.79 Å². The molecule has 0 saturated heterocycles. The molecule has 0 unspecified atom stereocenters. The minimum absolute atomic E-state index is 0.359. The van der Waals surface area contributed by atoms with E-state index in [1.807, 2.05) is 0 Å². The zero-order valence-electron chi connectivity index (χ0n) is 19.0. The van der Waals surface area contributed by atoms with Crippen LogP contribution in [0.3, 0.4) is 0 Å². The number of aliphatic carboxylic acids is 1. The Hall–Kier alpha value is -2.82. The third-order valence-corrected chi connectivity index (χ3v) is 6.26. The molecule has 1 aliphatic rings. The molecule has 1 aliphatic carbocycles. The van der Waals surface area contributed by atoms with E-state index in [9.17, 15) is 14.7 Å². The highest BCUT2D eigenvalue weighted by Gasteiger charge is 2.25. The second-order valence-corrected chi connectivity index (χ2v) is 8.84. The smallest absolute Gasteiger partial charge is 0.326 e. The van der Waals surface area contributed by atoms with Crippen LogP contribution in [0.4, 0.5) is 0 Å². The van der Waals surface area contributed by atoms with Crippen LogP contribution in [0.15, 0.2) is 48.5 Å². The first-order valence-electron chi connectivity index (χ1n) is 11.9. The first-order valence-corrected chi connectivity index (χ1v) is 11.9. The molecule has 0 bridgehead atoms. The van der Waals surface area contributed by atoms with Gasteiger partial charge in [0.2, 0.25) is 0 Å². The van der Waals surface area contributed by atoms with Crippen LogP contribution in [0.25, 0.3) is 0 Å². The Bertz CT molecular complexity index is 854. The standard InChI is InChI=1S/C27H35NO4/c1-2-3-7-20-10-12-22(13-11-20)19-32-24-16-14-23(15-17-24)26(29)28-25(27(30)31)18-21-8-5-4-6-9-21/h10-17,21,25H,2-9,18-19H2,1H3,(H,28,29)(H,30,31)/t25-/m0/s1. The Balaban J connectivity index is 1.50. The molecule has 1 saturated carbocycles. The minimum atomic E-state index is -0.968. The van der Waals surface area contributed by atoms with Crippen molar-refractivity contribution in [3.8, 4) is 5.75 Å². The second kappa shape index (κ2) is 12.3. The summed E-state index contributed by atoms with van der Waals surface area (Å²) in [5, 5.41) is 12.2. The molecule has 0 radical (unpaired) electrons. The van der Waals surface area contributed by atoms with Gasteiger partial charge in [-0.3, -0.25) is 4.79 Å². The summed E-state index contributed by atoms with van der Waals surface area (Å²) in [6.45, 7) is 2.65. The molecule has 1 amide bonds. The summed E-state index contributed by atoms with van der Waals surface area (Å²) in [5.41, 5.74) is 2.88. The fraction of sp³-hybridized carbons (Fsp3) is 0.481. The lowest BCUT2D eigenvalue weighted by molar-refractivity contribution is -0.139. The predicted octanol–water partition coefficient (Wildman–Crippen LogP) is 5.76. The monoisotopic (exact) mass is 437 g/mol. The van der Waals surface area contributed by atoms with Crippen molar-refractivity contribution in [3.63, 3.8) is 0 Å². The third-order valence-electron chi connectivity index (χ3n) is 6.26. The average molecular weight is 438 g/mol. The molecule has 2 aromatic rings. The fourth-order valence-corrected chi connectivity index (χ4v) is 4.27. The lowest BCUT2D eigenvalue weighted by atomic mass is 9.85. The SMILES string of the molecule is CCCCc1ccc(COc2ccc(C(=O)N[C@@H](CC3CCCCC3)C(=O)O)cc2)cc1. The molecule has 5 heteroatoms. The zero-order valence-corrected chi connectivity index (χ0v) is 19.0. The maximum atomic E-state index is 12.6. The molecule has 0 aliphatic heterocycles. The Labute approximate surface area is 191 Å². The van der Waals surface area contributed by atoms with Gasteiger partial charge in [0.15, 0.2) is 0 Å². The molecule has 0 heterocycles. The number of rotatable bonds is 11. The van der Waals surface area contributed by atoms with Crippen LogP contribution in [-0.2, 0) is 17.8 Å². The maximum absolute atomic E-state index is 12.6. The molecule has 172 valence electrons. The second-order valence-electron chi connectivity index (χ2n) is 8.84. The predicted molar refractivity (Wildman–Crippen MR) is 126 cm³/mol. The molecule has 2 N–H and O–H groups in total. The van der Waals surface area contributed by atoms with E-state index in [0.29, 0.717) is 30.3 Å². The first kappa shape index (κ1) is 23.8. The van der Waals surface area contributed by atoms with Crippen molar-refractivity contribution >= 4 is 11.9 Å². The molecule has 1 fully saturated rings. The van der Waals surface area contributed by atoms with Gasteiger partial charge in [0.1, 0.15) is 18.4 Å². The van der Waals surface area contributed by atoms with Gasteiger partial charge in [-0.1, -0.05) is 69.7 Å². The topological polar surface area (TPSA) is 75.6 Å². The number of amides is 1. The van der Waals surface area contributed by atoms with E-state index < -0.39 is 12.0 Å². The molecule has 3 rings (SSSR count). The molecular weight excluding hydrogens is 402 g/mol. The van der Waals surface area contributed by atoms with E-state index in [4.69, 9.17) is 4.74 Å². The minimum Gasteiger partial charge on any atom is -0.489 e. The number of hydrogen-bond donors (Lipinski definition) is 2. The van der Waals surface area contributed by atoms with Gasteiger partial charge >= 0.3 is 5.97 Å². The van der Waals surface area contributed by atoms with Crippen molar-refractivity contribution < 1.29 is 19.4 Å². The van der Waals surface area contributed by atoms with E-state index in [1.54, 1.807) is 24.3 Å². The van der Waals surface area contributed by atoms with Gasteiger partial charge in [0.05, 0.1) is 0 Å². The quantitative estimate of drug-likeness (QED) is 0.468. The van der Waals surface area contributed by atoms with Gasteiger partial charge in [0, 0.05) is 5.56 Å². The number of carboxylic acid groups (broad SMARTS) is 1. The molecule has 2 aromatic carbocycles. The van der Waals surface area contributed by atoms with E-state index >= 15 is 0 Å². The van der Waals surface area contributed by atoms with Crippen LogP contribution in [-0.4, -0.2) is 23.0 Å². The highest BCUT2D eigenvalue weighted by atomic mass is 16.5. The number of nitrogens with one attached hydrogen (secondary N) is 1. The van der Waals surface area contributed by atoms with Crippen molar-refractivity contribution in [2.45, 2.75) is 77.4 Å². The zero-order chi connectivity index (χ0) is 22.8. The third kappa shape index (κ3) is 7.40. The van der Waals surface area contributed by atoms with Crippen LogP contribution in [0, 0.1) is 5.92 Å². The Morgan fingerprint density at radius 1 is 1.00 bits per heavy atom. The van der Waals surface area contributed by atoms with Crippen LogP contribution in [0.5, 0.6) is 5.75 Å². The fourth-order valence-electron chi connectivity index (χ4n) is 4.27. The summed E-state index contributed by atoms with van der Waals surface area (Å²) in [6.07, 6.45) is 9.61. The number of hydrogen-bond acceptors (Lipinski definition) is 3. The normalized spacial score (nSPS) is 15.2. The van der Waals surface area contributed by atoms with Gasteiger partial charge in [0.25, 0.3) is 5.91 Å². The summed E-state index contributed by atoms with van der Waals surface area (Å²) >= 11 is 0. The lowest BCUT2D eigenvalue weighted by Gasteiger charge is -2.25. The molecule has 1 atom stereocenters. The largest absolute Gasteiger partial charge is 0.489 e. The number of unbranched alkanes of at least 4 members (excludes halogenated alkanes) is 1. The number of carbonyl (C=O) groups excluding carboxylic acids is 1. The average Bonchev–Trinajstić information content (AvgIpc) is 2.82. The Morgan fingerprint density at radius 2 is 1.66 bits per heavy atom. The summed E-state index contributed by atoms with van der Waals surface area (Å²) < 4.78 is 5.84. The molecule has 0 aromatic heterocycles. The highest BCUT2D eigenvalue weighted by molar-refractivity contribution is 5.96. The number of benzene rings is 2. The number of carboxylic acids is 1. The number of aryl methyl sites for hydroxylation is 1. The van der Waals surface area contributed by atoms with Crippen molar-refractivity contribution in [1.82, 2.24) is 5.32 Å². The van der Waals surface area contributed by atoms with Gasteiger partial charge in [-0.15, -0.1) is 0 Å². The van der Waals surface area contributed by atoms with Gasteiger partial charge in [-0.05, 0) is 60.6 Å². The lowest BCUT2D eigenvalue weighted by Crippen LogP contribution is -2.42. The number of carbonyl (C=O) groups is 2. The summed E-state index contributed by atoms with van der Waals surface area (Å²) in [7, 11) is 0. The van der Waals surface area contributed by atoms with Crippen molar-refractivity contribution in [2.24, 2.45) is 5.92 Å². The highest BCUT2D eigenvalue weighted by Crippen LogP contribution is 2.27. The molecular formula is C27H35NO4. The van der Waals surface area contributed by atoms with Crippen molar-refractivity contribution in [1.29, 1.82) is 0 Å². The van der Waals surface area contributed by atoms with E-state index in [2.05, 4.69) is 36.5 Å². The molecule has 0 spiro atoms. The Kier molecular flexibility index (Phi) is 9.14. The maximum Gasteiger partial charge on any atom is 0.326 e. The van der Waals surface area contributed by atoms with E-state index in [-0.39, 0.29) is 5.91 Å². The first-order chi connectivity index (χ1) is 15.5. The van der Waals surface area contributed by atoms with Crippen molar-refractivity contribution in [3.05, 3.63) is 65.2 Å². The van der Waals surface area contributed by atoms with Crippen LogP contribution in [0.2, 0.25) is 0 Å². The van der Waals surface area contributed by atoms with E-state index in [0.717, 1.165) is 37.7 Å². The molecule has 5 nitrogen and oxygen atoms in total.